The number of carbonyl (C=O) groups is 3. The molecule has 0 aromatic rings. The molecule has 3 rings (SSSR count). The van der Waals surface area contributed by atoms with Crippen molar-refractivity contribution < 1.29 is 28.6 Å². The highest BCUT2D eigenvalue weighted by Gasteiger charge is 2.59. The highest BCUT2D eigenvalue weighted by Crippen LogP contribution is 2.41. The number of methoxy groups -OCH3 is 2. The zero-order chi connectivity index (χ0) is 14.9. The lowest BCUT2D eigenvalue weighted by atomic mass is 9.74. The van der Waals surface area contributed by atoms with E-state index in [4.69, 9.17) is 14.2 Å². The molecule has 0 N–H and O–H groups in total. The van der Waals surface area contributed by atoms with E-state index in [0.717, 1.165) is 0 Å². The van der Waals surface area contributed by atoms with Crippen molar-refractivity contribution in [3.05, 3.63) is 12.2 Å². The van der Waals surface area contributed by atoms with E-state index in [0.29, 0.717) is 13.0 Å². The summed E-state index contributed by atoms with van der Waals surface area (Å²) in [5, 5.41) is 0. The molecular formula is C13H17NO6. The third kappa shape index (κ3) is 2.13. The lowest BCUT2D eigenvalue weighted by Crippen LogP contribution is -2.67. The van der Waals surface area contributed by atoms with Crippen molar-refractivity contribution in [2.75, 3.05) is 20.8 Å². The zero-order valence-corrected chi connectivity index (χ0v) is 11.6. The summed E-state index contributed by atoms with van der Waals surface area (Å²) in [5.74, 6) is -1.35. The number of piperidine rings is 1. The molecule has 3 atom stereocenters. The summed E-state index contributed by atoms with van der Waals surface area (Å²) in [6, 6.07) is -0.712. The van der Waals surface area contributed by atoms with Crippen LogP contribution in [0.1, 0.15) is 13.3 Å². The van der Waals surface area contributed by atoms with Gasteiger partial charge in [0.2, 0.25) is 5.60 Å². The number of hydrogen-bond acceptors (Lipinski definition) is 6. The van der Waals surface area contributed by atoms with Crippen LogP contribution in [0.2, 0.25) is 0 Å². The Morgan fingerprint density at radius 1 is 1.20 bits per heavy atom. The van der Waals surface area contributed by atoms with Gasteiger partial charge in [0.05, 0.1) is 14.2 Å². The highest BCUT2D eigenvalue weighted by molar-refractivity contribution is 5.86. The Kier molecular flexibility index (Phi) is 3.69. The molecule has 0 spiro atoms. The summed E-state index contributed by atoms with van der Waals surface area (Å²) in [6.07, 6.45) is 3.33. The van der Waals surface area contributed by atoms with E-state index >= 15 is 0 Å². The van der Waals surface area contributed by atoms with E-state index in [1.165, 1.54) is 26.0 Å². The molecule has 0 aromatic carbocycles. The van der Waals surface area contributed by atoms with Crippen molar-refractivity contribution in [2.45, 2.75) is 25.0 Å². The van der Waals surface area contributed by atoms with E-state index in [1.54, 1.807) is 6.08 Å². The number of esters is 2. The van der Waals surface area contributed by atoms with Crippen LogP contribution in [0, 0.1) is 5.92 Å². The first-order chi connectivity index (χ1) is 9.44. The Morgan fingerprint density at radius 2 is 1.90 bits per heavy atom. The Balaban J connectivity index is 2.42. The van der Waals surface area contributed by atoms with Crippen LogP contribution in [0.15, 0.2) is 12.2 Å². The van der Waals surface area contributed by atoms with Crippen molar-refractivity contribution in [2.24, 2.45) is 5.92 Å². The van der Waals surface area contributed by atoms with Crippen LogP contribution >= 0.6 is 0 Å². The van der Waals surface area contributed by atoms with Crippen LogP contribution in [0.4, 0.5) is 4.79 Å². The van der Waals surface area contributed by atoms with Crippen molar-refractivity contribution in [3.8, 4) is 0 Å². The molecule has 3 unspecified atom stereocenters. The molecule has 2 heterocycles. The summed E-state index contributed by atoms with van der Waals surface area (Å²) >= 11 is 0. The Bertz CT molecular complexity index is 473. The largest absolute Gasteiger partial charge is 0.466 e. The van der Waals surface area contributed by atoms with Crippen LogP contribution in [-0.2, 0) is 23.8 Å². The predicted molar refractivity (Wildman–Crippen MR) is 66.7 cm³/mol. The minimum atomic E-state index is -1.49. The first kappa shape index (κ1) is 14.4. The summed E-state index contributed by atoms with van der Waals surface area (Å²) in [4.78, 5) is 36.7. The van der Waals surface area contributed by atoms with Crippen LogP contribution in [0.25, 0.3) is 0 Å². The van der Waals surface area contributed by atoms with E-state index in [1.807, 2.05) is 6.08 Å². The maximum Gasteiger partial charge on any atom is 0.410 e. The first-order valence-electron chi connectivity index (χ1n) is 6.25. The van der Waals surface area contributed by atoms with Gasteiger partial charge in [-0.1, -0.05) is 12.2 Å². The first-order valence-corrected chi connectivity index (χ1v) is 6.25. The molecule has 110 valence electrons. The molecule has 7 nitrogen and oxygen atoms in total. The number of amides is 1. The second kappa shape index (κ2) is 5.15. The van der Waals surface area contributed by atoms with E-state index < -0.39 is 29.7 Å². The topological polar surface area (TPSA) is 82.1 Å². The van der Waals surface area contributed by atoms with Gasteiger partial charge in [0.15, 0.2) is 0 Å². The van der Waals surface area contributed by atoms with E-state index in [9.17, 15) is 14.4 Å². The Labute approximate surface area is 116 Å². The lowest BCUT2D eigenvalue weighted by Gasteiger charge is -2.50. The van der Waals surface area contributed by atoms with Gasteiger partial charge in [-0.15, -0.1) is 0 Å². The minimum absolute atomic E-state index is 0.0856. The second-order valence-corrected chi connectivity index (χ2v) is 4.89. The average Bonchev–Trinajstić information content (AvgIpc) is 2.45. The number of fused-ring (bicyclic) bond motifs is 2. The van der Waals surface area contributed by atoms with Gasteiger partial charge in [0, 0.05) is 19.9 Å². The number of carbonyl (C=O) groups excluding carboxylic acids is 3. The van der Waals surface area contributed by atoms with Crippen LogP contribution in [-0.4, -0.2) is 55.3 Å². The summed E-state index contributed by atoms with van der Waals surface area (Å²) in [5.41, 5.74) is -1.49. The standard InChI is InChI=1S/C13H17NO6/c1-8(15)20-13(11(16)18-2)6-9-4-5-10(13)14(7-9)12(17)19-3/h4-5,9-10H,6-7H2,1-3H3. The highest BCUT2D eigenvalue weighted by atomic mass is 16.6. The predicted octanol–water partition coefficient (Wildman–Crippen LogP) is 0.488. The van der Waals surface area contributed by atoms with Crippen molar-refractivity contribution in [1.82, 2.24) is 4.90 Å². The maximum absolute atomic E-state index is 12.2. The number of hydrogen-bond donors (Lipinski definition) is 0. The molecule has 0 aromatic heterocycles. The quantitative estimate of drug-likeness (QED) is 0.417. The van der Waals surface area contributed by atoms with Gasteiger partial charge in [0.1, 0.15) is 6.04 Å². The van der Waals surface area contributed by atoms with Gasteiger partial charge in [0.25, 0.3) is 0 Å². The van der Waals surface area contributed by atoms with E-state index in [2.05, 4.69) is 0 Å². The van der Waals surface area contributed by atoms with E-state index in [-0.39, 0.29) is 5.92 Å². The van der Waals surface area contributed by atoms with Crippen molar-refractivity contribution >= 4 is 18.0 Å². The van der Waals surface area contributed by atoms with Crippen LogP contribution < -0.4 is 0 Å². The summed E-state index contributed by atoms with van der Waals surface area (Å²) in [7, 11) is 2.49. The SMILES string of the molecule is COC(=O)N1CC2C=CC1C(OC(C)=O)(C(=O)OC)C2. The van der Waals surface area contributed by atoms with Crippen molar-refractivity contribution in [3.63, 3.8) is 0 Å². The normalized spacial score (nSPS) is 30.9. The van der Waals surface area contributed by atoms with Gasteiger partial charge < -0.3 is 14.2 Å². The summed E-state index contributed by atoms with van der Waals surface area (Å²) in [6.45, 7) is 1.65. The monoisotopic (exact) mass is 283 g/mol. The molecule has 20 heavy (non-hydrogen) atoms. The molecule has 7 heteroatoms. The smallest absolute Gasteiger partial charge is 0.410 e. The molecule has 1 saturated heterocycles. The minimum Gasteiger partial charge on any atom is -0.466 e. The fourth-order valence-electron chi connectivity index (χ4n) is 2.93. The Morgan fingerprint density at radius 3 is 2.40 bits per heavy atom. The third-order valence-corrected chi connectivity index (χ3v) is 3.64. The zero-order valence-electron chi connectivity index (χ0n) is 11.6. The fourth-order valence-corrected chi connectivity index (χ4v) is 2.93. The molecule has 0 radical (unpaired) electrons. The lowest BCUT2D eigenvalue weighted by molar-refractivity contribution is -0.193. The molecule has 0 saturated carbocycles. The fraction of sp³-hybridized carbons (Fsp3) is 0.615. The average molecular weight is 283 g/mol. The van der Waals surface area contributed by atoms with Gasteiger partial charge in [-0.25, -0.2) is 9.59 Å². The number of ether oxygens (including phenoxy) is 3. The maximum atomic E-state index is 12.2. The molecule has 1 aliphatic carbocycles. The number of rotatable bonds is 2. The van der Waals surface area contributed by atoms with Gasteiger partial charge in [-0.05, 0) is 5.92 Å². The van der Waals surface area contributed by atoms with Gasteiger partial charge >= 0.3 is 18.0 Å². The molecular weight excluding hydrogens is 266 g/mol. The second-order valence-electron chi connectivity index (χ2n) is 4.89. The van der Waals surface area contributed by atoms with Crippen LogP contribution in [0.5, 0.6) is 0 Å². The third-order valence-electron chi connectivity index (χ3n) is 3.64. The van der Waals surface area contributed by atoms with Crippen LogP contribution in [0.3, 0.4) is 0 Å². The van der Waals surface area contributed by atoms with Gasteiger partial charge in [-0.3, -0.25) is 9.69 Å². The molecule has 1 amide bonds. The number of nitrogens with zero attached hydrogens (tertiary/aromatic N) is 1. The molecule has 2 aliphatic heterocycles. The molecule has 3 aliphatic rings. The van der Waals surface area contributed by atoms with Gasteiger partial charge in [-0.2, -0.15) is 0 Å². The Hall–Kier alpha value is -2.05. The summed E-state index contributed by atoms with van der Waals surface area (Å²) < 4.78 is 14.8. The molecule has 2 bridgehead atoms. The van der Waals surface area contributed by atoms with Crippen molar-refractivity contribution in [1.29, 1.82) is 0 Å². The molecule has 1 fully saturated rings.